The number of aromatic nitrogens is 1. The quantitative estimate of drug-likeness (QED) is 0.432. The van der Waals surface area contributed by atoms with Crippen LogP contribution in [-0.4, -0.2) is 10.3 Å². The molecule has 0 atom stereocenters. The molecule has 102 valence electrons. The SMILES string of the molecule is N#C/C(=C\C=C\c1ccco1)c1nc(CCCBr)cs1. The molecule has 5 heteroatoms. The Morgan fingerprint density at radius 3 is 3.15 bits per heavy atom. The van der Waals surface area contributed by atoms with Crippen molar-refractivity contribution in [3.05, 3.63) is 52.4 Å². The molecule has 0 aliphatic carbocycles. The van der Waals surface area contributed by atoms with Gasteiger partial charge in [0.1, 0.15) is 16.8 Å². The van der Waals surface area contributed by atoms with Crippen LogP contribution >= 0.6 is 27.3 Å². The molecule has 0 amide bonds. The van der Waals surface area contributed by atoms with Gasteiger partial charge in [0.2, 0.25) is 0 Å². The lowest BCUT2D eigenvalue weighted by Crippen LogP contribution is -1.87. The van der Waals surface area contributed by atoms with Crippen molar-refractivity contribution in [1.82, 2.24) is 4.98 Å². The summed E-state index contributed by atoms with van der Waals surface area (Å²) < 4.78 is 5.19. The van der Waals surface area contributed by atoms with Gasteiger partial charge in [-0.25, -0.2) is 4.98 Å². The van der Waals surface area contributed by atoms with Gasteiger partial charge in [-0.1, -0.05) is 22.0 Å². The van der Waals surface area contributed by atoms with E-state index < -0.39 is 0 Å². The number of allylic oxidation sites excluding steroid dienone is 3. The van der Waals surface area contributed by atoms with Crippen molar-refractivity contribution in [2.75, 3.05) is 5.33 Å². The minimum atomic E-state index is 0.572. The molecular weight excluding hydrogens is 336 g/mol. The van der Waals surface area contributed by atoms with Gasteiger partial charge in [-0.15, -0.1) is 11.3 Å². The second-order valence-corrected chi connectivity index (χ2v) is 5.65. The van der Waals surface area contributed by atoms with Crippen LogP contribution in [0.1, 0.15) is 22.9 Å². The number of hydrogen-bond acceptors (Lipinski definition) is 4. The van der Waals surface area contributed by atoms with Gasteiger partial charge in [0.15, 0.2) is 0 Å². The van der Waals surface area contributed by atoms with Crippen LogP contribution in [0, 0.1) is 11.3 Å². The van der Waals surface area contributed by atoms with Crippen LogP contribution in [0.3, 0.4) is 0 Å². The van der Waals surface area contributed by atoms with Crippen LogP contribution in [0.15, 0.2) is 40.3 Å². The molecule has 2 rings (SSSR count). The number of hydrogen-bond donors (Lipinski definition) is 0. The van der Waals surface area contributed by atoms with Crippen LogP contribution in [0.5, 0.6) is 0 Å². The molecule has 0 saturated carbocycles. The third kappa shape index (κ3) is 4.19. The zero-order chi connectivity index (χ0) is 14.2. The highest BCUT2D eigenvalue weighted by Crippen LogP contribution is 2.20. The van der Waals surface area contributed by atoms with E-state index in [9.17, 15) is 5.26 Å². The molecule has 0 unspecified atom stereocenters. The van der Waals surface area contributed by atoms with Gasteiger partial charge in [-0.05, 0) is 37.1 Å². The second kappa shape index (κ2) is 7.83. The molecule has 0 saturated heterocycles. The summed E-state index contributed by atoms with van der Waals surface area (Å²) in [6.45, 7) is 0. The molecule has 0 fully saturated rings. The standard InChI is InChI=1S/C15H13BrN2OS/c16-8-2-5-13-11-20-15(18-13)12(10-17)4-1-6-14-7-3-9-19-14/h1,3-4,6-7,9,11H,2,5,8H2/b6-1+,12-4+. The summed E-state index contributed by atoms with van der Waals surface area (Å²) in [7, 11) is 0. The van der Waals surface area contributed by atoms with Crippen molar-refractivity contribution in [1.29, 1.82) is 5.26 Å². The summed E-state index contributed by atoms with van der Waals surface area (Å²) in [6.07, 6.45) is 8.98. The summed E-state index contributed by atoms with van der Waals surface area (Å²) in [5.74, 6) is 0.760. The fourth-order valence-corrected chi connectivity index (χ4v) is 2.68. The molecule has 0 radical (unpaired) electrons. The average molecular weight is 349 g/mol. The van der Waals surface area contributed by atoms with E-state index in [-0.39, 0.29) is 0 Å². The minimum Gasteiger partial charge on any atom is -0.465 e. The van der Waals surface area contributed by atoms with E-state index in [1.807, 2.05) is 23.6 Å². The van der Waals surface area contributed by atoms with Crippen LogP contribution in [0.2, 0.25) is 0 Å². The van der Waals surface area contributed by atoms with Gasteiger partial charge in [0.05, 0.1) is 17.5 Å². The lowest BCUT2D eigenvalue weighted by atomic mass is 10.2. The summed E-state index contributed by atoms with van der Waals surface area (Å²) >= 11 is 4.91. The molecule has 2 aromatic heterocycles. The molecule has 20 heavy (non-hydrogen) atoms. The maximum Gasteiger partial charge on any atom is 0.134 e. The molecular formula is C15H13BrN2OS. The first kappa shape index (κ1) is 14.8. The van der Waals surface area contributed by atoms with Crippen molar-refractivity contribution in [3.63, 3.8) is 0 Å². The maximum absolute atomic E-state index is 9.21. The highest BCUT2D eigenvalue weighted by Gasteiger charge is 2.06. The number of aryl methyl sites for hydroxylation is 1. The number of nitriles is 1. The van der Waals surface area contributed by atoms with Crippen molar-refractivity contribution < 1.29 is 4.42 Å². The van der Waals surface area contributed by atoms with Gasteiger partial charge in [0.25, 0.3) is 0 Å². The maximum atomic E-state index is 9.21. The van der Waals surface area contributed by atoms with Crippen molar-refractivity contribution >= 4 is 38.9 Å². The largest absolute Gasteiger partial charge is 0.465 e. The molecule has 0 aromatic carbocycles. The summed E-state index contributed by atoms with van der Waals surface area (Å²) in [6, 6.07) is 5.87. The first-order valence-corrected chi connectivity index (χ1v) is 8.16. The molecule has 0 bridgehead atoms. The highest BCUT2D eigenvalue weighted by molar-refractivity contribution is 9.09. The molecule has 0 N–H and O–H groups in total. The third-order valence-corrected chi connectivity index (χ3v) is 4.02. The molecule has 0 spiro atoms. The Balaban J connectivity index is 2.08. The van der Waals surface area contributed by atoms with E-state index in [1.165, 1.54) is 11.3 Å². The summed E-state index contributed by atoms with van der Waals surface area (Å²) in [5.41, 5.74) is 1.61. The smallest absolute Gasteiger partial charge is 0.134 e. The van der Waals surface area contributed by atoms with Crippen LogP contribution in [0.4, 0.5) is 0 Å². The van der Waals surface area contributed by atoms with Gasteiger partial charge in [0, 0.05) is 10.7 Å². The number of thiazole rings is 1. The lowest BCUT2D eigenvalue weighted by molar-refractivity contribution is 0.557. The van der Waals surface area contributed by atoms with Crippen molar-refractivity contribution in [2.45, 2.75) is 12.8 Å². The zero-order valence-corrected chi connectivity index (χ0v) is 13.2. The van der Waals surface area contributed by atoms with E-state index in [2.05, 4.69) is 27.0 Å². The predicted molar refractivity (Wildman–Crippen MR) is 85.6 cm³/mol. The monoisotopic (exact) mass is 348 g/mol. The second-order valence-electron chi connectivity index (χ2n) is 4.00. The Hall–Kier alpha value is -1.64. The normalized spacial score (nSPS) is 11.9. The number of alkyl halides is 1. The highest BCUT2D eigenvalue weighted by atomic mass is 79.9. The summed E-state index contributed by atoms with van der Waals surface area (Å²) in [4.78, 5) is 4.48. The van der Waals surface area contributed by atoms with E-state index >= 15 is 0 Å². The fraction of sp³-hybridized carbons (Fsp3) is 0.200. The van der Waals surface area contributed by atoms with Gasteiger partial charge < -0.3 is 4.42 Å². The first-order chi connectivity index (χ1) is 9.83. The molecule has 0 aliphatic rings. The van der Waals surface area contributed by atoms with Crippen LogP contribution < -0.4 is 0 Å². The number of furan rings is 1. The minimum absolute atomic E-state index is 0.572. The molecule has 0 aliphatic heterocycles. The van der Waals surface area contributed by atoms with E-state index in [1.54, 1.807) is 18.4 Å². The molecule has 2 heterocycles. The van der Waals surface area contributed by atoms with Crippen LogP contribution in [0.25, 0.3) is 11.6 Å². The fourth-order valence-electron chi connectivity index (χ4n) is 1.58. The lowest BCUT2D eigenvalue weighted by Gasteiger charge is -1.92. The zero-order valence-electron chi connectivity index (χ0n) is 10.8. The van der Waals surface area contributed by atoms with E-state index in [0.717, 1.165) is 34.6 Å². The molecule has 3 nitrogen and oxygen atoms in total. The Morgan fingerprint density at radius 2 is 2.45 bits per heavy atom. The Labute approximate surface area is 130 Å². The Bertz CT molecular complexity index is 635. The van der Waals surface area contributed by atoms with Crippen LogP contribution in [-0.2, 0) is 6.42 Å². The average Bonchev–Trinajstić information content (AvgIpc) is 3.13. The van der Waals surface area contributed by atoms with E-state index in [4.69, 9.17) is 4.42 Å². The molecule has 2 aromatic rings. The van der Waals surface area contributed by atoms with Gasteiger partial charge in [-0.2, -0.15) is 5.26 Å². The number of nitrogens with zero attached hydrogens (tertiary/aromatic N) is 2. The predicted octanol–water partition coefficient (Wildman–Crippen LogP) is 4.68. The van der Waals surface area contributed by atoms with Crippen molar-refractivity contribution in [3.8, 4) is 6.07 Å². The van der Waals surface area contributed by atoms with E-state index in [0.29, 0.717) is 5.57 Å². The van der Waals surface area contributed by atoms with Gasteiger partial charge in [-0.3, -0.25) is 0 Å². The van der Waals surface area contributed by atoms with Gasteiger partial charge >= 0.3 is 0 Å². The summed E-state index contributed by atoms with van der Waals surface area (Å²) in [5, 5.41) is 12.9. The number of halogens is 1. The number of rotatable bonds is 6. The Kier molecular flexibility index (Phi) is 5.78. The topological polar surface area (TPSA) is 49.8 Å². The first-order valence-electron chi connectivity index (χ1n) is 6.16. The van der Waals surface area contributed by atoms with Crippen molar-refractivity contribution in [2.24, 2.45) is 0 Å². The third-order valence-electron chi connectivity index (χ3n) is 2.54. The Morgan fingerprint density at radius 1 is 1.55 bits per heavy atom.